The van der Waals surface area contributed by atoms with E-state index in [4.69, 9.17) is 4.74 Å². The third kappa shape index (κ3) is 3.20. The summed E-state index contributed by atoms with van der Waals surface area (Å²) in [5.41, 5.74) is 2.19. The lowest BCUT2D eigenvalue weighted by Gasteiger charge is -2.08. The molecule has 0 unspecified atom stereocenters. The Balaban J connectivity index is 1.92. The van der Waals surface area contributed by atoms with Gasteiger partial charge in [0, 0.05) is 16.1 Å². The fraction of sp³-hybridized carbons (Fsp3) is 0. The van der Waals surface area contributed by atoms with Crippen LogP contribution in [0.5, 0.6) is 11.6 Å². The molecule has 0 N–H and O–H groups in total. The average Bonchev–Trinajstić information content (AvgIpc) is 2.57. The summed E-state index contributed by atoms with van der Waals surface area (Å²) < 4.78 is 6.53. The van der Waals surface area contributed by atoms with E-state index in [1.807, 2.05) is 36.4 Å². The van der Waals surface area contributed by atoms with Gasteiger partial charge in [-0.2, -0.15) is 0 Å². The third-order valence-electron chi connectivity index (χ3n) is 3.02. The van der Waals surface area contributed by atoms with Gasteiger partial charge in [-0.1, -0.05) is 46.3 Å². The highest BCUT2D eigenvalue weighted by molar-refractivity contribution is 9.10. The van der Waals surface area contributed by atoms with Crippen LogP contribution in [-0.4, -0.2) is 16.3 Å². The molecule has 4 nitrogen and oxygen atoms in total. The highest BCUT2D eigenvalue weighted by Gasteiger charge is 2.08. The van der Waals surface area contributed by atoms with E-state index in [2.05, 4.69) is 25.9 Å². The summed E-state index contributed by atoms with van der Waals surface area (Å²) in [5.74, 6) is 0.843. The fourth-order valence-electron chi connectivity index (χ4n) is 1.98. The van der Waals surface area contributed by atoms with Crippen molar-refractivity contribution in [3.05, 3.63) is 71.0 Å². The van der Waals surface area contributed by atoms with Gasteiger partial charge in [0.25, 0.3) is 0 Å². The molecule has 5 heteroatoms. The molecule has 0 aliphatic carbocycles. The van der Waals surface area contributed by atoms with Crippen molar-refractivity contribution in [3.63, 3.8) is 0 Å². The van der Waals surface area contributed by atoms with Gasteiger partial charge in [-0.25, -0.2) is 9.97 Å². The smallest absolute Gasteiger partial charge is 0.222 e. The van der Waals surface area contributed by atoms with Crippen LogP contribution in [0.4, 0.5) is 0 Å². The van der Waals surface area contributed by atoms with Crippen molar-refractivity contribution < 1.29 is 9.53 Å². The van der Waals surface area contributed by atoms with Gasteiger partial charge in [-0.15, -0.1) is 0 Å². The lowest BCUT2D eigenvalue weighted by Crippen LogP contribution is -1.94. The van der Waals surface area contributed by atoms with Crippen LogP contribution in [0.15, 0.2) is 65.4 Å². The summed E-state index contributed by atoms with van der Waals surface area (Å²) in [6.45, 7) is 0. The number of hydrogen-bond donors (Lipinski definition) is 0. The Morgan fingerprint density at radius 2 is 1.82 bits per heavy atom. The topological polar surface area (TPSA) is 52.1 Å². The summed E-state index contributed by atoms with van der Waals surface area (Å²) in [4.78, 5) is 19.5. The molecule has 0 amide bonds. The number of nitrogens with zero attached hydrogens (tertiary/aromatic N) is 2. The zero-order chi connectivity index (χ0) is 15.4. The first kappa shape index (κ1) is 14.4. The molecule has 0 saturated carbocycles. The number of carbonyl (C=O) groups is 1. The molecule has 1 heterocycles. The van der Waals surface area contributed by atoms with Gasteiger partial charge in [-0.05, 0) is 18.2 Å². The minimum Gasteiger partial charge on any atom is -0.438 e. The zero-order valence-corrected chi connectivity index (χ0v) is 13.0. The average molecular weight is 355 g/mol. The summed E-state index contributed by atoms with van der Waals surface area (Å²) in [6.07, 6.45) is 2.19. The molecule has 0 radical (unpaired) electrons. The van der Waals surface area contributed by atoms with Crippen molar-refractivity contribution in [1.82, 2.24) is 9.97 Å². The maximum Gasteiger partial charge on any atom is 0.222 e. The minimum atomic E-state index is 0.388. The van der Waals surface area contributed by atoms with Crippen LogP contribution in [0.25, 0.3) is 11.3 Å². The summed E-state index contributed by atoms with van der Waals surface area (Å²) >= 11 is 3.32. The van der Waals surface area contributed by atoms with E-state index in [1.54, 1.807) is 18.2 Å². The lowest BCUT2D eigenvalue weighted by atomic mass is 10.1. The molecule has 22 heavy (non-hydrogen) atoms. The van der Waals surface area contributed by atoms with Crippen LogP contribution in [-0.2, 0) is 0 Å². The van der Waals surface area contributed by atoms with Crippen molar-refractivity contribution in [1.29, 1.82) is 0 Å². The molecule has 0 bridgehead atoms. The number of carbonyl (C=O) groups excluding carboxylic acids is 1. The second-order valence-electron chi connectivity index (χ2n) is 4.51. The van der Waals surface area contributed by atoms with Crippen LogP contribution in [0.3, 0.4) is 0 Å². The lowest BCUT2D eigenvalue weighted by molar-refractivity contribution is 0.112. The van der Waals surface area contributed by atoms with Gasteiger partial charge in [0.15, 0.2) is 6.29 Å². The Labute approximate surface area is 135 Å². The van der Waals surface area contributed by atoms with Gasteiger partial charge in [-0.3, -0.25) is 4.79 Å². The van der Waals surface area contributed by atoms with Crippen molar-refractivity contribution in [2.24, 2.45) is 0 Å². The first-order chi connectivity index (χ1) is 10.8. The molecule has 108 valence electrons. The zero-order valence-electron chi connectivity index (χ0n) is 11.4. The molecule has 0 saturated heterocycles. The fourth-order valence-corrected chi connectivity index (χ4v) is 2.36. The molecule has 3 aromatic rings. The SMILES string of the molecule is O=Cc1cc(Br)ccc1Oc1cc(-c2ccccc2)ncn1. The monoisotopic (exact) mass is 354 g/mol. The summed E-state index contributed by atoms with van der Waals surface area (Å²) in [6, 6.07) is 16.7. The van der Waals surface area contributed by atoms with Gasteiger partial charge >= 0.3 is 0 Å². The molecule has 2 aromatic carbocycles. The number of ether oxygens (including phenoxy) is 1. The number of benzene rings is 2. The Hall–Kier alpha value is -2.53. The molecule has 0 aliphatic rings. The minimum absolute atomic E-state index is 0.388. The number of hydrogen-bond acceptors (Lipinski definition) is 4. The van der Waals surface area contributed by atoms with E-state index < -0.39 is 0 Å². The summed E-state index contributed by atoms with van der Waals surface area (Å²) in [7, 11) is 0. The number of aromatic nitrogens is 2. The molecule has 0 atom stereocenters. The number of rotatable bonds is 4. The second kappa shape index (κ2) is 6.49. The van der Waals surface area contributed by atoms with Crippen LogP contribution in [0, 0.1) is 0 Å². The molecule has 0 aliphatic heterocycles. The highest BCUT2D eigenvalue weighted by atomic mass is 79.9. The van der Waals surface area contributed by atoms with Crippen molar-refractivity contribution in [3.8, 4) is 22.9 Å². The van der Waals surface area contributed by atoms with Crippen molar-refractivity contribution in [2.75, 3.05) is 0 Å². The third-order valence-corrected chi connectivity index (χ3v) is 3.52. The van der Waals surface area contributed by atoms with Crippen LogP contribution in [0.1, 0.15) is 10.4 Å². The van der Waals surface area contributed by atoms with Gasteiger partial charge in [0.1, 0.15) is 12.1 Å². The van der Waals surface area contributed by atoms with E-state index >= 15 is 0 Å². The Kier molecular flexibility index (Phi) is 4.25. The predicted molar refractivity (Wildman–Crippen MR) is 87.1 cm³/mol. The van der Waals surface area contributed by atoms with Crippen LogP contribution >= 0.6 is 15.9 Å². The van der Waals surface area contributed by atoms with E-state index in [0.717, 1.165) is 22.0 Å². The molecular weight excluding hydrogens is 344 g/mol. The molecule has 3 rings (SSSR count). The van der Waals surface area contributed by atoms with E-state index in [9.17, 15) is 4.79 Å². The first-order valence-electron chi connectivity index (χ1n) is 6.56. The predicted octanol–water partition coefficient (Wildman–Crippen LogP) is 4.51. The van der Waals surface area contributed by atoms with Crippen LogP contribution in [0.2, 0.25) is 0 Å². The number of aldehydes is 1. The second-order valence-corrected chi connectivity index (χ2v) is 5.43. The van der Waals surface area contributed by atoms with Crippen LogP contribution < -0.4 is 4.74 Å². The van der Waals surface area contributed by atoms with E-state index in [0.29, 0.717) is 17.2 Å². The maximum absolute atomic E-state index is 11.1. The Bertz CT molecular complexity index is 807. The van der Waals surface area contributed by atoms with E-state index in [1.165, 1.54) is 6.33 Å². The molecular formula is C17H11BrN2O2. The Morgan fingerprint density at radius 3 is 2.59 bits per heavy atom. The largest absolute Gasteiger partial charge is 0.438 e. The van der Waals surface area contributed by atoms with Crippen molar-refractivity contribution in [2.45, 2.75) is 0 Å². The summed E-state index contributed by atoms with van der Waals surface area (Å²) in [5, 5.41) is 0. The first-order valence-corrected chi connectivity index (χ1v) is 7.35. The molecule has 0 spiro atoms. The Morgan fingerprint density at radius 1 is 1.00 bits per heavy atom. The maximum atomic E-state index is 11.1. The van der Waals surface area contributed by atoms with Gasteiger partial charge in [0.05, 0.1) is 11.3 Å². The number of halogens is 1. The van der Waals surface area contributed by atoms with Gasteiger partial charge in [0.2, 0.25) is 5.88 Å². The van der Waals surface area contributed by atoms with Crippen molar-refractivity contribution >= 4 is 22.2 Å². The van der Waals surface area contributed by atoms with E-state index in [-0.39, 0.29) is 0 Å². The van der Waals surface area contributed by atoms with Gasteiger partial charge < -0.3 is 4.74 Å². The molecule has 0 fully saturated rings. The quantitative estimate of drug-likeness (QED) is 0.646. The standard InChI is InChI=1S/C17H11BrN2O2/c18-14-6-7-16(13(8-14)10-21)22-17-9-15(19-11-20-17)12-4-2-1-3-5-12/h1-11H. The molecule has 1 aromatic heterocycles. The normalized spacial score (nSPS) is 10.2. The highest BCUT2D eigenvalue weighted by Crippen LogP contribution is 2.27.